The molecule has 0 aromatic heterocycles. The summed E-state index contributed by atoms with van der Waals surface area (Å²) in [6.07, 6.45) is 0. The summed E-state index contributed by atoms with van der Waals surface area (Å²) in [5.74, 6) is 0.855. The highest BCUT2D eigenvalue weighted by atomic mass is 79.9. The van der Waals surface area contributed by atoms with Crippen molar-refractivity contribution in [3.8, 4) is 5.75 Å². The number of nitrogens with one attached hydrogen (secondary N) is 1. The summed E-state index contributed by atoms with van der Waals surface area (Å²) in [5.41, 5.74) is -0.669. The number of hydrogen-bond donors (Lipinski definition) is 2. The molecule has 1 rings (SSSR count). The molecule has 1 aromatic rings. The van der Waals surface area contributed by atoms with E-state index >= 15 is 0 Å². The maximum absolute atomic E-state index is 9.46. The molecule has 0 aliphatic rings. The van der Waals surface area contributed by atoms with Crippen molar-refractivity contribution in [2.24, 2.45) is 0 Å². The van der Waals surface area contributed by atoms with Gasteiger partial charge in [-0.2, -0.15) is 0 Å². The molecule has 4 heteroatoms. The molecule has 2 N–H and O–H groups in total. The van der Waals surface area contributed by atoms with Crippen LogP contribution in [0.5, 0.6) is 5.75 Å². The van der Waals surface area contributed by atoms with Crippen LogP contribution in [0.1, 0.15) is 13.8 Å². The lowest BCUT2D eigenvalue weighted by atomic mass is 10.1. The van der Waals surface area contributed by atoms with E-state index in [0.29, 0.717) is 13.2 Å². The van der Waals surface area contributed by atoms with Gasteiger partial charge in [0, 0.05) is 17.6 Å². The van der Waals surface area contributed by atoms with E-state index in [1.54, 1.807) is 13.8 Å². The molecule has 1 aromatic carbocycles. The van der Waals surface area contributed by atoms with Gasteiger partial charge in [-0.25, -0.2) is 0 Å². The van der Waals surface area contributed by atoms with Gasteiger partial charge in [0.05, 0.1) is 5.60 Å². The van der Waals surface area contributed by atoms with Crippen molar-refractivity contribution in [3.63, 3.8) is 0 Å². The van der Waals surface area contributed by atoms with E-state index in [1.165, 1.54) is 0 Å². The summed E-state index contributed by atoms with van der Waals surface area (Å²) in [6, 6.07) is 7.72. The van der Waals surface area contributed by atoms with Crippen LogP contribution >= 0.6 is 15.9 Å². The molecule has 0 unspecified atom stereocenters. The minimum atomic E-state index is -0.669. The SMILES string of the molecule is CC(C)(O)CNCCOc1ccc(Br)cc1. The largest absolute Gasteiger partial charge is 0.492 e. The van der Waals surface area contributed by atoms with Gasteiger partial charge >= 0.3 is 0 Å². The molecule has 0 saturated carbocycles. The Labute approximate surface area is 105 Å². The predicted octanol–water partition coefficient (Wildman–Crippen LogP) is 2.19. The summed E-state index contributed by atoms with van der Waals surface area (Å²) >= 11 is 3.36. The number of halogens is 1. The van der Waals surface area contributed by atoms with Crippen molar-refractivity contribution >= 4 is 15.9 Å². The normalized spacial score (nSPS) is 11.5. The zero-order valence-electron chi connectivity index (χ0n) is 9.66. The number of rotatable bonds is 6. The Bertz CT molecular complexity index is 306. The Balaban J connectivity index is 2.14. The maximum atomic E-state index is 9.46. The Kier molecular flexibility index (Phi) is 5.25. The summed E-state index contributed by atoms with van der Waals surface area (Å²) in [7, 11) is 0. The second-order valence-corrected chi connectivity index (χ2v) is 5.21. The van der Waals surface area contributed by atoms with E-state index in [9.17, 15) is 5.11 Å². The molecule has 0 bridgehead atoms. The fraction of sp³-hybridized carbons (Fsp3) is 0.500. The Morgan fingerprint density at radius 1 is 1.31 bits per heavy atom. The van der Waals surface area contributed by atoms with Crippen molar-refractivity contribution in [1.82, 2.24) is 5.32 Å². The molecular weight excluding hydrogens is 270 g/mol. The minimum absolute atomic E-state index is 0.566. The monoisotopic (exact) mass is 287 g/mol. The summed E-state index contributed by atoms with van der Waals surface area (Å²) < 4.78 is 6.55. The first-order valence-electron chi connectivity index (χ1n) is 5.29. The molecule has 90 valence electrons. The fourth-order valence-electron chi connectivity index (χ4n) is 1.17. The third-order valence-corrected chi connectivity index (χ3v) is 2.45. The van der Waals surface area contributed by atoms with Crippen LogP contribution in [0.2, 0.25) is 0 Å². The minimum Gasteiger partial charge on any atom is -0.492 e. The molecular formula is C12H18BrNO2. The first-order valence-corrected chi connectivity index (χ1v) is 6.08. The lowest BCUT2D eigenvalue weighted by Crippen LogP contribution is -2.36. The van der Waals surface area contributed by atoms with Crippen molar-refractivity contribution in [2.45, 2.75) is 19.4 Å². The fourth-order valence-corrected chi connectivity index (χ4v) is 1.43. The smallest absolute Gasteiger partial charge is 0.119 e. The molecule has 0 amide bonds. The highest BCUT2D eigenvalue weighted by molar-refractivity contribution is 9.10. The van der Waals surface area contributed by atoms with Crippen LogP contribution < -0.4 is 10.1 Å². The maximum Gasteiger partial charge on any atom is 0.119 e. The molecule has 16 heavy (non-hydrogen) atoms. The van der Waals surface area contributed by atoms with Crippen LogP contribution in [0.3, 0.4) is 0 Å². The Morgan fingerprint density at radius 2 is 1.94 bits per heavy atom. The molecule has 0 spiro atoms. The number of aliphatic hydroxyl groups is 1. The van der Waals surface area contributed by atoms with Crippen LogP contribution in [0.4, 0.5) is 0 Å². The summed E-state index contributed by atoms with van der Waals surface area (Å²) in [4.78, 5) is 0. The van der Waals surface area contributed by atoms with Gasteiger partial charge in [0.25, 0.3) is 0 Å². The van der Waals surface area contributed by atoms with Gasteiger partial charge in [0.1, 0.15) is 12.4 Å². The zero-order valence-corrected chi connectivity index (χ0v) is 11.3. The molecule has 3 nitrogen and oxygen atoms in total. The van der Waals surface area contributed by atoms with Crippen LogP contribution in [-0.4, -0.2) is 30.4 Å². The zero-order chi connectivity index (χ0) is 12.0. The van der Waals surface area contributed by atoms with Gasteiger partial charge in [0.15, 0.2) is 0 Å². The summed E-state index contributed by atoms with van der Waals surface area (Å²) in [5, 5.41) is 12.6. The second kappa shape index (κ2) is 6.23. The average molecular weight is 288 g/mol. The predicted molar refractivity (Wildman–Crippen MR) is 68.8 cm³/mol. The number of ether oxygens (including phenoxy) is 1. The molecule has 0 saturated heterocycles. The first-order chi connectivity index (χ1) is 7.47. The van der Waals surface area contributed by atoms with E-state index in [2.05, 4.69) is 21.2 Å². The molecule has 0 aliphatic heterocycles. The van der Waals surface area contributed by atoms with Crippen LogP contribution in [0.25, 0.3) is 0 Å². The van der Waals surface area contributed by atoms with Gasteiger partial charge in [-0.3, -0.25) is 0 Å². The van der Waals surface area contributed by atoms with Crippen molar-refractivity contribution < 1.29 is 9.84 Å². The lowest BCUT2D eigenvalue weighted by Gasteiger charge is -2.17. The van der Waals surface area contributed by atoms with Gasteiger partial charge in [-0.1, -0.05) is 15.9 Å². The highest BCUT2D eigenvalue weighted by Gasteiger charge is 2.10. The second-order valence-electron chi connectivity index (χ2n) is 4.29. The van der Waals surface area contributed by atoms with Crippen LogP contribution in [0, 0.1) is 0 Å². The van der Waals surface area contributed by atoms with Crippen molar-refractivity contribution in [1.29, 1.82) is 0 Å². The highest BCUT2D eigenvalue weighted by Crippen LogP contribution is 2.15. The molecule has 0 atom stereocenters. The lowest BCUT2D eigenvalue weighted by molar-refractivity contribution is 0.0789. The molecule has 0 fully saturated rings. The Morgan fingerprint density at radius 3 is 2.50 bits per heavy atom. The van der Waals surface area contributed by atoms with Crippen LogP contribution in [0.15, 0.2) is 28.7 Å². The van der Waals surface area contributed by atoms with E-state index < -0.39 is 5.60 Å². The standard InChI is InChI=1S/C12H18BrNO2/c1-12(2,15)9-14-7-8-16-11-5-3-10(13)4-6-11/h3-6,14-15H,7-9H2,1-2H3. The molecule has 0 heterocycles. The van der Waals surface area contributed by atoms with Crippen molar-refractivity contribution in [3.05, 3.63) is 28.7 Å². The topological polar surface area (TPSA) is 41.5 Å². The quantitative estimate of drug-likeness (QED) is 0.788. The van der Waals surface area contributed by atoms with Gasteiger partial charge in [-0.15, -0.1) is 0 Å². The van der Waals surface area contributed by atoms with E-state index in [0.717, 1.165) is 16.8 Å². The van der Waals surface area contributed by atoms with Gasteiger partial charge in [-0.05, 0) is 38.1 Å². The Hall–Kier alpha value is -0.580. The van der Waals surface area contributed by atoms with Crippen molar-refractivity contribution in [2.75, 3.05) is 19.7 Å². The van der Waals surface area contributed by atoms with E-state index in [4.69, 9.17) is 4.74 Å². The van der Waals surface area contributed by atoms with Crippen LogP contribution in [-0.2, 0) is 0 Å². The van der Waals surface area contributed by atoms with E-state index in [-0.39, 0.29) is 0 Å². The molecule has 0 radical (unpaired) electrons. The third-order valence-electron chi connectivity index (χ3n) is 1.92. The molecule has 0 aliphatic carbocycles. The van der Waals surface area contributed by atoms with E-state index in [1.807, 2.05) is 24.3 Å². The van der Waals surface area contributed by atoms with Gasteiger partial charge in [0.2, 0.25) is 0 Å². The first kappa shape index (κ1) is 13.5. The average Bonchev–Trinajstić information content (AvgIpc) is 2.19. The third kappa shape index (κ3) is 6.10. The summed E-state index contributed by atoms with van der Waals surface area (Å²) in [6.45, 7) is 5.43. The number of hydrogen-bond acceptors (Lipinski definition) is 3. The number of benzene rings is 1. The van der Waals surface area contributed by atoms with Gasteiger partial charge < -0.3 is 15.2 Å².